The highest BCUT2D eigenvalue weighted by atomic mass is 19.3. The third-order valence-corrected chi connectivity index (χ3v) is 3.81. The van der Waals surface area contributed by atoms with Gasteiger partial charge in [0, 0.05) is 17.3 Å². The predicted molar refractivity (Wildman–Crippen MR) is 100 cm³/mol. The maximum Gasteiger partial charge on any atom is 0.284 e. The first-order chi connectivity index (χ1) is 12.2. The highest BCUT2D eigenvalue weighted by Gasteiger charge is 2.24. The van der Waals surface area contributed by atoms with E-state index in [0.717, 1.165) is 6.42 Å². The van der Waals surface area contributed by atoms with Crippen molar-refractivity contribution < 1.29 is 13.5 Å². The van der Waals surface area contributed by atoms with Gasteiger partial charge in [0.25, 0.3) is 6.43 Å². The predicted octanol–water partition coefficient (Wildman–Crippen LogP) is 4.87. The number of hydrogen-bond acceptors (Lipinski definition) is 4. The van der Waals surface area contributed by atoms with Gasteiger partial charge in [-0.25, -0.2) is 13.8 Å². The van der Waals surface area contributed by atoms with E-state index in [1.54, 1.807) is 30.5 Å². The van der Waals surface area contributed by atoms with Gasteiger partial charge in [0.2, 0.25) is 0 Å². The minimum atomic E-state index is -2.75. The maximum atomic E-state index is 13.5. The lowest BCUT2D eigenvalue weighted by Gasteiger charge is -2.27. The molecule has 0 amide bonds. The Morgan fingerprint density at radius 2 is 2.04 bits per heavy atom. The van der Waals surface area contributed by atoms with Gasteiger partial charge in [-0.3, -0.25) is 4.98 Å². The molecule has 0 aliphatic heterocycles. The molecule has 0 saturated carbocycles. The van der Waals surface area contributed by atoms with E-state index in [2.05, 4.69) is 30.4 Å². The molecule has 2 N–H and O–H groups in total. The summed E-state index contributed by atoms with van der Waals surface area (Å²) in [6.45, 7) is 9.76. The molecule has 0 bridgehead atoms. The Kier molecular flexibility index (Phi) is 6.42. The van der Waals surface area contributed by atoms with Crippen molar-refractivity contribution >= 4 is 6.08 Å². The summed E-state index contributed by atoms with van der Waals surface area (Å²) in [5, 5.41) is 0. The van der Waals surface area contributed by atoms with Crippen molar-refractivity contribution in [2.45, 2.75) is 39.2 Å². The van der Waals surface area contributed by atoms with Gasteiger partial charge in [0.15, 0.2) is 0 Å². The lowest BCUT2D eigenvalue weighted by molar-refractivity contribution is 0.134. The van der Waals surface area contributed by atoms with Gasteiger partial charge in [-0.2, -0.15) is 0 Å². The van der Waals surface area contributed by atoms with E-state index in [-0.39, 0.29) is 18.1 Å². The number of aromatic nitrogens is 2. The molecule has 0 radical (unpaired) electrons. The zero-order chi connectivity index (χ0) is 19.3. The van der Waals surface area contributed by atoms with Crippen molar-refractivity contribution in [3.8, 4) is 17.0 Å². The molecular weight excluding hydrogens is 336 g/mol. The second kappa shape index (κ2) is 8.36. The number of pyridine rings is 2. The molecule has 0 spiro atoms. The van der Waals surface area contributed by atoms with Gasteiger partial charge in [-0.1, -0.05) is 20.4 Å². The van der Waals surface area contributed by atoms with Crippen molar-refractivity contribution in [2.75, 3.05) is 6.61 Å². The summed E-state index contributed by atoms with van der Waals surface area (Å²) in [7, 11) is 0. The van der Waals surface area contributed by atoms with Gasteiger partial charge < -0.3 is 10.5 Å². The summed E-state index contributed by atoms with van der Waals surface area (Å²) in [5.74, 6) is 0.441. The second-order valence-corrected chi connectivity index (χ2v) is 7.09. The van der Waals surface area contributed by atoms with Crippen LogP contribution in [0.25, 0.3) is 17.3 Å². The summed E-state index contributed by atoms with van der Waals surface area (Å²) < 4.78 is 32.6. The highest BCUT2D eigenvalue weighted by Crippen LogP contribution is 2.31. The number of hydrogen-bond donors (Lipinski definition) is 1. The number of alkyl halides is 2. The second-order valence-electron chi connectivity index (χ2n) is 7.09. The molecule has 2 aromatic rings. The SMILES string of the molecule is C=Cc1cc(-c2ccc(OC[C@@](C)(N)CC(C)C)c(C(F)F)n2)ccn1. The van der Waals surface area contributed by atoms with E-state index >= 15 is 0 Å². The summed E-state index contributed by atoms with van der Waals surface area (Å²) >= 11 is 0. The number of ether oxygens (including phenoxy) is 1. The van der Waals surface area contributed by atoms with Gasteiger partial charge in [-0.15, -0.1) is 0 Å². The van der Waals surface area contributed by atoms with Crippen LogP contribution < -0.4 is 10.5 Å². The van der Waals surface area contributed by atoms with E-state index < -0.39 is 12.0 Å². The Morgan fingerprint density at radius 3 is 2.65 bits per heavy atom. The smallest absolute Gasteiger partial charge is 0.284 e. The van der Waals surface area contributed by atoms with E-state index in [0.29, 0.717) is 22.9 Å². The molecule has 0 unspecified atom stereocenters. The summed E-state index contributed by atoms with van der Waals surface area (Å²) in [4.78, 5) is 8.21. The van der Waals surface area contributed by atoms with Gasteiger partial charge in [-0.05, 0) is 49.6 Å². The fraction of sp³-hybridized carbons (Fsp3) is 0.400. The van der Waals surface area contributed by atoms with Crippen molar-refractivity contribution in [1.82, 2.24) is 9.97 Å². The van der Waals surface area contributed by atoms with Crippen molar-refractivity contribution in [2.24, 2.45) is 11.7 Å². The Balaban J connectivity index is 2.27. The molecule has 0 saturated heterocycles. The lowest BCUT2D eigenvalue weighted by Crippen LogP contribution is -2.43. The summed E-state index contributed by atoms with van der Waals surface area (Å²) in [6.07, 6.45) is 1.15. The third kappa shape index (κ3) is 5.33. The van der Waals surface area contributed by atoms with Crippen LogP contribution in [-0.4, -0.2) is 22.1 Å². The Bertz CT molecular complexity index is 760. The fourth-order valence-corrected chi connectivity index (χ4v) is 2.85. The molecule has 0 aliphatic rings. The quantitative estimate of drug-likeness (QED) is 0.729. The molecule has 2 rings (SSSR count). The minimum Gasteiger partial charge on any atom is -0.490 e. The van der Waals surface area contributed by atoms with Crippen molar-refractivity contribution in [1.29, 1.82) is 0 Å². The molecule has 140 valence electrons. The third-order valence-electron chi connectivity index (χ3n) is 3.81. The van der Waals surface area contributed by atoms with E-state index in [4.69, 9.17) is 10.5 Å². The first-order valence-electron chi connectivity index (χ1n) is 8.51. The maximum absolute atomic E-state index is 13.5. The standard InChI is InChI=1S/C20H25F2N3O/c1-5-15-10-14(8-9-24-15)16-6-7-17(18(25-16)19(21)22)26-12-20(4,23)11-13(2)3/h5-10,13,19H,1,11-12,23H2,2-4H3/t20-/m0/s1. The van der Waals surface area contributed by atoms with Crippen LogP contribution >= 0.6 is 0 Å². The monoisotopic (exact) mass is 361 g/mol. The minimum absolute atomic E-state index is 0.0576. The number of nitrogens with two attached hydrogens (primary N) is 1. The zero-order valence-corrected chi connectivity index (χ0v) is 15.4. The highest BCUT2D eigenvalue weighted by molar-refractivity contribution is 5.63. The largest absolute Gasteiger partial charge is 0.490 e. The topological polar surface area (TPSA) is 61.0 Å². The average molecular weight is 361 g/mol. The number of nitrogens with zero attached hydrogens (tertiary/aromatic N) is 2. The van der Waals surface area contributed by atoms with Crippen LogP contribution in [0.4, 0.5) is 8.78 Å². The van der Waals surface area contributed by atoms with Crippen LogP contribution in [0.1, 0.15) is 45.0 Å². The Morgan fingerprint density at radius 1 is 1.31 bits per heavy atom. The molecule has 1 atom stereocenters. The first-order valence-corrected chi connectivity index (χ1v) is 8.51. The molecule has 2 heterocycles. The van der Waals surface area contributed by atoms with Crippen molar-refractivity contribution in [3.05, 3.63) is 48.4 Å². The molecule has 2 aromatic heterocycles. The fourth-order valence-electron chi connectivity index (χ4n) is 2.85. The van der Waals surface area contributed by atoms with Gasteiger partial charge in [0.1, 0.15) is 18.1 Å². The van der Waals surface area contributed by atoms with Crippen LogP contribution in [0, 0.1) is 5.92 Å². The molecule has 26 heavy (non-hydrogen) atoms. The van der Waals surface area contributed by atoms with Crippen LogP contribution in [0.15, 0.2) is 37.0 Å². The zero-order valence-electron chi connectivity index (χ0n) is 15.4. The molecule has 6 heteroatoms. The van der Waals surface area contributed by atoms with Gasteiger partial charge >= 0.3 is 0 Å². The molecule has 4 nitrogen and oxygen atoms in total. The normalized spacial score (nSPS) is 13.7. The van der Waals surface area contributed by atoms with Gasteiger partial charge in [0.05, 0.1) is 11.4 Å². The first kappa shape index (κ1) is 20.0. The molecule has 0 aromatic carbocycles. The van der Waals surface area contributed by atoms with Crippen LogP contribution in [0.3, 0.4) is 0 Å². The summed E-state index contributed by atoms with van der Waals surface area (Å²) in [6, 6.07) is 6.62. The van der Waals surface area contributed by atoms with E-state index in [9.17, 15) is 8.78 Å². The summed E-state index contributed by atoms with van der Waals surface area (Å²) in [5.41, 5.74) is 6.97. The Hall–Kier alpha value is -2.34. The molecular formula is C20H25F2N3O. The van der Waals surface area contributed by atoms with E-state index in [1.165, 1.54) is 6.07 Å². The Labute approximate surface area is 153 Å². The van der Waals surface area contributed by atoms with Crippen molar-refractivity contribution in [3.63, 3.8) is 0 Å². The van der Waals surface area contributed by atoms with Crippen LogP contribution in [0.2, 0.25) is 0 Å². The van der Waals surface area contributed by atoms with Crippen LogP contribution in [0.5, 0.6) is 5.75 Å². The number of rotatable bonds is 8. The average Bonchev–Trinajstić information content (AvgIpc) is 2.58. The van der Waals surface area contributed by atoms with E-state index in [1.807, 2.05) is 6.92 Å². The molecule has 0 fully saturated rings. The molecule has 0 aliphatic carbocycles. The van der Waals surface area contributed by atoms with Crippen LogP contribution in [-0.2, 0) is 0 Å². The number of halogens is 2. The lowest BCUT2D eigenvalue weighted by atomic mass is 9.93.